The number of nitrogens with one attached hydrogen (secondary N) is 1. The van der Waals surface area contributed by atoms with Gasteiger partial charge in [-0.05, 0) is 33.1 Å². The van der Waals surface area contributed by atoms with Crippen LogP contribution in [0.1, 0.15) is 47.5 Å². The van der Waals surface area contributed by atoms with Crippen LogP contribution in [0.3, 0.4) is 0 Å². The number of carbonyl (C=O) groups is 3. The van der Waals surface area contributed by atoms with Gasteiger partial charge >= 0.3 is 5.97 Å². The molecule has 2 bridgehead atoms. The number of fused-ring (bicyclic) bond motifs is 1. The summed E-state index contributed by atoms with van der Waals surface area (Å²) in [6.45, 7) is 9.56. The summed E-state index contributed by atoms with van der Waals surface area (Å²) in [6, 6.07) is -1.27. The molecule has 3 aliphatic heterocycles. The molecule has 0 aromatic rings. The highest BCUT2D eigenvalue weighted by Crippen LogP contribution is 2.68. The largest absolute Gasteiger partial charge is 0.466 e. The molecule has 3 rings (SSSR count). The van der Waals surface area contributed by atoms with E-state index in [0.29, 0.717) is 6.42 Å². The lowest BCUT2D eigenvalue weighted by Gasteiger charge is -2.39. The van der Waals surface area contributed by atoms with Crippen LogP contribution in [-0.2, 0) is 19.1 Å². The van der Waals surface area contributed by atoms with Gasteiger partial charge in [0, 0.05) is 16.1 Å². The molecule has 3 unspecified atom stereocenters. The molecule has 8 atom stereocenters. The molecule has 2 N–H and O–H groups in total. The third-order valence-corrected chi connectivity index (χ3v) is 10.0. The van der Waals surface area contributed by atoms with Gasteiger partial charge in [-0.3, -0.25) is 14.4 Å². The number of carbonyl (C=O) groups excluding carboxylic acids is 3. The molecule has 0 radical (unpaired) electrons. The average molecular weight is 505 g/mol. The minimum absolute atomic E-state index is 0.0198. The second-order valence-corrected chi connectivity index (χ2v) is 11.7. The first-order valence-electron chi connectivity index (χ1n) is 10.9. The second-order valence-electron chi connectivity index (χ2n) is 8.96. The third kappa shape index (κ3) is 3.58. The number of likely N-dealkylation sites (tertiary alicyclic amines) is 1. The maximum absolute atomic E-state index is 13.8. The van der Waals surface area contributed by atoms with Gasteiger partial charge in [0.1, 0.15) is 6.04 Å². The van der Waals surface area contributed by atoms with Crippen molar-refractivity contribution in [3.05, 3.63) is 0 Å². The number of halogens is 1. The molecule has 30 heavy (non-hydrogen) atoms. The fourth-order valence-corrected chi connectivity index (χ4v) is 9.00. The van der Waals surface area contributed by atoms with Crippen LogP contribution in [0.2, 0.25) is 0 Å². The summed E-state index contributed by atoms with van der Waals surface area (Å²) in [4.78, 5) is 41.8. The Morgan fingerprint density at radius 3 is 2.57 bits per heavy atom. The van der Waals surface area contributed by atoms with Crippen molar-refractivity contribution in [3.8, 4) is 0 Å². The molecule has 3 saturated heterocycles. The van der Waals surface area contributed by atoms with Crippen molar-refractivity contribution in [1.82, 2.24) is 10.2 Å². The molecule has 1 spiro atoms. The Bertz CT molecular complexity index is 707. The molecule has 0 aromatic carbocycles. The topological polar surface area (TPSA) is 95.9 Å². The number of amides is 2. The molecule has 3 heterocycles. The van der Waals surface area contributed by atoms with E-state index in [1.807, 2.05) is 27.7 Å². The van der Waals surface area contributed by atoms with Gasteiger partial charge in [-0.15, -0.1) is 11.8 Å². The van der Waals surface area contributed by atoms with Crippen LogP contribution in [0, 0.1) is 17.8 Å². The zero-order valence-electron chi connectivity index (χ0n) is 18.3. The Kier molecular flexibility index (Phi) is 7.14. The van der Waals surface area contributed by atoms with E-state index in [0.717, 1.165) is 6.42 Å². The molecule has 3 fully saturated rings. The summed E-state index contributed by atoms with van der Waals surface area (Å²) in [5, 5.41) is 13.1. The summed E-state index contributed by atoms with van der Waals surface area (Å²) >= 11 is 5.30. The van der Waals surface area contributed by atoms with Gasteiger partial charge in [-0.2, -0.15) is 0 Å². The van der Waals surface area contributed by atoms with Crippen LogP contribution in [0.4, 0.5) is 0 Å². The normalized spacial score (nSPS) is 36.7. The first-order chi connectivity index (χ1) is 14.1. The molecule has 0 aliphatic carbocycles. The Morgan fingerprint density at radius 1 is 1.37 bits per heavy atom. The molecular weight excluding hydrogens is 472 g/mol. The summed E-state index contributed by atoms with van der Waals surface area (Å²) in [7, 11) is 0. The smallest absolute Gasteiger partial charge is 0.310 e. The molecule has 170 valence electrons. The molecule has 0 aromatic heterocycles. The number of aliphatic hydroxyl groups is 1. The molecule has 0 saturated carbocycles. The van der Waals surface area contributed by atoms with E-state index in [4.69, 9.17) is 4.74 Å². The Hall–Kier alpha value is -0.800. The first-order valence-corrected chi connectivity index (χ1v) is 12.7. The quantitative estimate of drug-likeness (QED) is 0.387. The summed E-state index contributed by atoms with van der Waals surface area (Å²) in [6.07, 6.45) is 1.39. The Morgan fingerprint density at radius 2 is 2.03 bits per heavy atom. The van der Waals surface area contributed by atoms with E-state index in [1.165, 1.54) is 0 Å². The lowest BCUT2D eigenvalue weighted by atomic mass is 9.71. The zero-order chi connectivity index (χ0) is 22.4. The number of rotatable bonds is 8. The van der Waals surface area contributed by atoms with Gasteiger partial charge in [-0.25, -0.2) is 0 Å². The van der Waals surface area contributed by atoms with Crippen molar-refractivity contribution in [2.24, 2.45) is 17.8 Å². The lowest BCUT2D eigenvalue weighted by molar-refractivity contribution is -0.154. The van der Waals surface area contributed by atoms with E-state index >= 15 is 0 Å². The maximum atomic E-state index is 13.8. The van der Waals surface area contributed by atoms with E-state index < -0.39 is 28.7 Å². The monoisotopic (exact) mass is 504 g/mol. The minimum Gasteiger partial charge on any atom is -0.466 e. The van der Waals surface area contributed by atoms with Crippen molar-refractivity contribution >= 4 is 45.5 Å². The van der Waals surface area contributed by atoms with Crippen LogP contribution in [0.15, 0.2) is 0 Å². The highest BCUT2D eigenvalue weighted by atomic mass is 79.9. The fraction of sp³-hybridized carbons (Fsp3) is 0.857. The number of nitrogens with zero attached hydrogens (tertiary/aromatic N) is 1. The van der Waals surface area contributed by atoms with Crippen molar-refractivity contribution in [2.45, 2.75) is 80.4 Å². The SMILES string of the molecule is CCOC(=O)[C@H]1[C@@H]2SC3(CC2Br)C(C(=O)NC(C)C)N([C@@H](CO)[C@@H](C)CC)C(=O)[C@H]13. The number of ether oxygens (including phenoxy) is 1. The summed E-state index contributed by atoms with van der Waals surface area (Å²) < 4.78 is 4.64. The van der Waals surface area contributed by atoms with Gasteiger partial charge in [0.2, 0.25) is 11.8 Å². The number of hydrogen-bond donors (Lipinski definition) is 2. The van der Waals surface area contributed by atoms with Crippen molar-refractivity contribution in [2.75, 3.05) is 13.2 Å². The number of hydrogen-bond acceptors (Lipinski definition) is 6. The predicted octanol–water partition coefficient (Wildman–Crippen LogP) is 1.95. The first kappa shape index (κ1) is 23.9. The second kappa shape index (κ2) is 8.98. The number of alkyl halides is 1. The van der Waals surface area contributed by atoms with Crippen molar-refractivity contribution in [1.29, 1.82) is 0 Å². The standard InChI is InChI=1S/C21H33BrN2O5S/c1-6-11(5)13(9-25)24-17(18(26)23-10(3)4)21-8-12(22)16(30-21)14(15(21)19(24)27)20(28)29-7-2/h10-17,25H,6-9H2,1-5H3,(H,23,26)/t11-,12?,13-,14+,15-,16+,17?,21?/m0/s1. The predicted molar refractivity (Wildman–Crippen MR) is 119 cm³/mol. The van der Waals surface area contributed by atoms with Crippen LogP contribution in [0.5, 0.6) is 0 Å². The Labute approximate surface area is 191 Å². The molecular formula is C21H33BrN2O5S. The van der Waals surface area contributed by atoms with E-state index in [-0.39, 0.29) is 53.0 Å². The molecule has 2 amide bonds. The lowest BCUT2D eigenvalue weighted by Crippen LogP contribution is -2.58. The van der Waals surface area contributed by atoms with E-state index in [9.17, 15) is 19.5 Å². The highest BCUT2D eigenvalue weighted by Gasteiger charge is 2.76. The number of thioether (sulfide) groups is 1. The van der Waals surface area contributed by atoms with E-state index in [1.54, 1.807) is 23.6 Å². The van der Waals surface area contributed by atoms with Gasteiger partial charge in [0.15, 0.2) is 0 Å². The van der Waals surface area contributed by atoms with Crippen molar-refractivity contribution in [3.63, 3.8) is 0 Å². The van der Waals surface area contributed by atoms with Crippen LogP contribution < -0.4 is 5.32 Å². The van der Waals surface area contributed by atoms with Gasteiger partial charge in [-0.1, -0.05) is 36.2 Å². The van der Waals surface area contributed by atoms with Gasteiger partial charge in [0.25, 0.3) is 0 Å². The minimum atomic E-state index is -0.724. The molecule has 9 heteroatoms. The fourth-order valence-electron chi connectivity index (χ4n) is 5.41. The van der Waals surface area contributed by atoms with Crippen LogP contribution in [0.25, 0.3) is 0 Å². The molecule has 3 aliphatic rings. The van der Waals surface area contributed by atoms with Gasteiger partial charge < -0.3 is 20.1 Å². The van der Waals surface area contributed by atoms with Gasteiger partial charge in [0.05, 0.1) is 35.8 Å². The van der Waals surface area contributed by atoms with E-state index in [2.05, 4.69) is 21.2 Å². The molecule has 7 nitrogen and oxygen atoms in total. The van der Waals surface area contributed by atoms with Crippen LogP contribution >= 0.6 is 27.7 Å². The van der Waals surface area contributed by atoms with Crippen molar-refractivity contribution < 1.29 is 24.2 Å². The number of esters is 1. The maximum Gasteiger partial charge on any atom is 0.310 e. The van der Waals surface area contributed by atoms with Crippen LogP contribution in [-0.4, -0.2) is 74.0 Å². The zero-order valence-corrected chi connectivity index (χ0v) is 20.7. The summed E-state index contributed by atoms with van der Waals surface area (Å²) in [5.74, 6) is -1.96. The number of aliphatic hydroxyl groups excluding tert-OH is 1. The third-order valence-electron chi connectivity index (χ3n) is 6.81. The highest BCUT2D eigenvalue weighted by molar-refractivity contribution is 9.09. The Balaban J connectivity index is 2.10. The average Bonchev–Trinajstić information content (AvgIpc) is 3.26. The summed E-state index contributed by atoms with van der Waals surface area (Å²) in [5.41, 5.74) is 0.